The van der Waals surface area contributed by atoms with Gasteiger partial charge in [0.25, 0.3) is 0 Å². The maximum atomic E-state index is 13.5. The average Bonchev–Trinajstić information content (AvgIpc) is 3.16. The lowest BCUT2D eigenvalue weighted by Crippen LogP contribution is -2.32. The SMILES string of the molecule is CCc1c(N)ccc(C2(c3ccc(N(CC)CC)cc3C)OC(=O)c3cc(N(C)C)ccc32)c1CC. The molecule has 4 rings (SSSR count). The molecular formula is C31H39N3O2. The first-order valence-electron chi connectivity index (χ1n) is 13.0. The number of anilines is 3. The van der Waals surface area contributed by atoms with E-state index in [4.69, 9.17) is 10.5 Å². The number of hydrogen-bond acceptors (Lipinski definition) is 5. The van der Waals surface area contributed by atoms with Crippen LogP contribution in [0.4, 0.5) is 17.1 Å². The second-order valence-corrected chi connectivity index (χ2v) is 9.73. The second-order valence-electron chi connectivity index (χ2n) is 9.73. The highest BCUT2D eigenvalue weighted by molar-refractivity contribution is 5.97. The second kappa shape index (κ2) is 9.88. The molecule has 36 heavy (non-hydrogen) atoms. The number of esters is 1. The van der Waals surface area contributed by atoms with Gasteiger partial charge in [-0.2, -0.15) is 0 Å². The van der Waals surface area contributed by atoms with Crippen LogP contribution in [0.5, 0.6) is 0 Å². The Hall–Kier alpha value is -3.47. The van der Waals surface area contributed by atoms with Gasteiger partial charge in [0.2, 0.25) is 0 Å². The third-order valence-corrected chi connectivity index (χ3v) is 7.64. The molecule has 0 radical (unpaired) electrons. The van der Waals surface area contributed by atoms with Crippen LogP contribution in [-0.2, 0) is 23.2 Å². The molecule has 1 aliphatic heterocycles. The Morgan fingerprint density at radius 3 is 2.00 bits per heavy atom. The molecule has 0 aliphatic carbocycles. The summed E-state index contributed by atoms with van der Waals surface area (Å²) in [5, 5.41) is 0. The normalized spacial score (nSPS) is 16.6. The summed E-state index contributed by atoms with van der Waals surface area (Å²) in [6, 6.07) is 16.6. The number of carbonyl (C=O) groups is 1. The molecule has 0 spiro atoms. The highest BCUT2D eigenvalue weighted by atomic mass is 16.6. The third kappa shape index (κ3) is 3.91. The molecule has 1 atom stereocenters. The molecule has 0 fully saturated rings. The monoisotopic (exact) mass is 485 g/mol. The molecule has 0 bridgehead atoms. The van der Waals surface area contributed by atoms with Gasteiger partial charge in [0.05, 0.1) is 5.56 Å². The van der Waals surface area contributed by atoms with Gasteiger partial charge >= 0.3 is 5.97 Å². The number of nitrogens with zero attached hydrogens (tertiary/aromatic N) is 2. The number of rotatable bonds is 8. The van der Waals surface area contributed by atoms with Gasteiger partial charge in [-0.1, -0.05) is 32.0 Å². The molecule has 1 unspecified atom stereocenters. The van der Waals surface area contributed by atoms with E-state index in [1.807, 2.05) is 31.1 Å². The molecule has 3 aromatic carbocycles. The van der Waals surface area contributed by atoms with Crippen molar-refractivity contribution in [2.75, 3.05) is 42.7 Å². The van der Waals surface area contributed by atoms with Crippen LogP contribution in [-0.4, -0.2) is 33.2 Å². The molecule has 0 saturated carbocycles. The molecule has 1 heterocycles. The predicted octanol–water partition coefficient (Wildman–Crippen LogP) is 6.08. The van der Waals surface area contributed by atoms with Crippen molar-refractivity contribution in [3.05, 3.63) is 87.5 Å². The Kier molecular flexibility index (Phi) is 7.03. The third-order valence-electron chi connectivity index (χ3n) is 7.64. The number of nitrogen functional groups attached to an aromatic ring is 1. The number of cyclic esters (lactones) is 1. The summed E-state index contributed by atoms with van der Waals surface area (Å²) in [4.78, 5) is 17.9. The van der Waals surface area contributed by atoms with Gasteiger partial charge < -0.3 is 20.3 Å². The minimum absolute atomic E-state index is 0.294. The summed E-state index contributed by atoms with van der Waals surface area (Å²) in [7, 11) is 3.96. The van der Waals surface area contributed by atoms with E-state index >= 15 is 0 Å². The fourth-order valence-electron chi connectivity index (χ4n) is 5.77. The van der Waals surface area contributed by atoms with Crippen molar-refractivity contribution in [3.8, 4) is 0 Å². The Morgan fingerprint density at radius 1 is 0.806 bits per heavy atom. The van der Waals surface area contributed by atoms with Gasteiger partial charge in [-0.25, -0.2) is 4.79 Å². The van der Waals surface area contributed by atoms with E-state index in [-0.39, 0.29) is 5.97 Å². The predicted molar refractivity (Wildman–Crippen MR) is 150 cm³/mol. The Balaban J connectivity index is 2.08. The van der Waals surface area contributed by atoms with Gasteiger partial charge in [0, 0.05) is 60.9 Å². The van der Waals surface area contributed by atoms with Crippen molar-refractivity contribution < 1.29 is 9.53 Å². The molecule has 3 aromatic rings. The van der Waals surface area contributed by atoms with E-state index in [1.54, 1.807) is 0 Å². The van der Waals surface area contributed by atoms with Crippen LogP contribution >= 0.6 is 0 Å². The van der Waals surface area contributed by atoms with Gasteiger partial charge in [-0.15, -0.1) is 0 Å². The minimum atomic E-state index is -1.04. The summed E-state index contributed by atoms with van der Waals surface area (Å²) < 4.78 is 6.53. The maximum absolute atomic E-state index is 13.5. The topological polar surface area (TPSA) is 58.8 Å². The number of fused-ring (bicyclic) bond motifs is 1. The van der Waals surface area contributed by atoms with E-state index < -0.39 is 5.60 Å². The van der Waals surface area contributed by atoms with E-state index in [0.717, 1.165) is 70.7 Å². The number of benzene rings is 3. The first kappa shape index (κ1) is 25.6. The van der Waals surface area contributed by atoms with Crippen molar-refractivity contribution in [1.29, 1.82) is 0 Å². The highest BCUT2D eigenvalue weighted by Gasteiger charge is 2.50. The van der Waals surface area contributed by atoms with Gasteiger partial charge in [0.15, 0.2) is 5.60 Å². The number of carbonyl (C=O) groups excluding carboxylic acids is 1. The number of ether oxygens (including phenoxy) is 1. The van der Waals surface area contributed by atoms with E-state index in [0.29, 0.717) is 5.56 Å². The average molecular weight is 486 g/mol. The smallest absolute Gasteiger partial charge is 0.340 e. The molecule has 5 heteroatoms. The minimum Gasteiger partial charge on any atom is -0.441 e. The molecule has 0 amide bonds. The maximum Gasteiger partial charge on any atom is 0.340 e. The Morgan fingerprint density at radius 2 is 1.42 bits per heavy atom. The van der Waals surface area contributed by atoms with E-state index in [1.165, 1.54) is 5.69 Å². The summed E-state index contributed by atoms with van der Waals surface area (Å²) in [5.74, 6) is -0.294. The van der Waals surface area contributed by atoms with Crippen molar-refractivity contribution in [2.24, 2.45) is 0 Å². The largest absolute Gasteiger partial charge is 0.441 e. The zero-order valence-electron chi connectivity index (χ0n) is 22.7. The first-order chi connectivity index (χ1) is 17.2. The molecule has 2 N–H and O–H groups in total. The molecule has 0 saturated heterocycles. The van der Waals surface area contributed by atoms with E-state index in [9.17, 15) is 4.79 Å². The summed E-state index contributed by atoms with van der Waals surface area (Å²) in [6.07, 6.45) is 1.61. The van der Waals surface area contributed by atoms with Crippen molar-refractivity contribution in [2.45, 2.75) is 53.1 Å². The summed E-state index contributed by atoms with van der Waals surface area (Å²) in [6.45, 7) is 12.6. The number of nitrogens with two attached hydrogens (primary N) is 1. The zero-order valence-corrected chi connectivity index (χ0v) is 22.7. The highest BCUT2D eigenvalue weighted by Crippen LogP contribution is 2.51. The van der Waals surface area contributed by atoms with Crippen LogP contribution in [0.3, 0.4) is 0 Å². The standard InChI is InChI=1S/C31H39N3O2/c1-8-23-24(9-2)29(32)17-16-27(23)31(26-14-13-22(18-20(26)5)34(10-3)11-4)28-15-12-21(33(6)7)19-25(28)30(35)36-31/h12-19H,8-11,32H2,1-7H3. The van der Waals surface area contributed by atoms with E-state index in [2.05, 4.69) is 75.9 Å². The van der Waals surface area contributed by atoms with Crippen LogP contribution < -0.4 is 15.5 Å². The molecule has 1 aliphatic rings. The molecule has 190 valence electrons. The van der Waals surface area contributed by atoms with Crippen LogP contribution in [0, 0.1) is 6.92 Å². The molecule has 5 nitrogen and oxygen atoms in total. The molecular weight excluding hydrogens is 446 g/mol. The quantitative estimate of drug-likeness (QED) is 0.310. The first-order valence-corrected chi connectivity index (χ1v) is 13.0. The van der Waals surface area contributed by atoms with Crippen LogP contribution in [0.2, 0.25) is 0 Å². The fraction of sp³-hybridized carbons (Fsp3) is 0.387. The Bertz CT molecular complexity index is 1290. The van der Waals surface area contributed by atoms with Crippen LogP contribution in [0.25, 0.3) is 0 Å². The van der Waals surface area contributed by atoms with Crippen molar-refractivity contribution in [3.63, 3.8) is 0 Å². The van der Waals surface area contributed by atoms with Gasteiger partial charge in [-0.05, 0) is 80.6 Å². The summed E-state index contributed by atoms with van der Waals surface area (Å²) >= 11 is 0. The lowest BCUT2D eigenvalue weighted by Gasteiger charge is -2.35. The molecule has 0 aromatic heterocycles. The van der Waals surface area contributed by atoms with Gasteiger partial charge in [0.1, 0.15) is 0 Å². The number of aryl methyl sites for hydroxylation is 1. The lowest BCUT2D eigenvalue weighted by molar-refractivity contribution is 0.0247. The fourth-order valence-corrected chi connectivity index (χ4v) is 5.77. The van der Waals surface area contributed by atoms with Crippen molar-refractivity contribution in [1.82, 2.24) is 0 Å². The van der Waals surface area contributed by atoms with Crippen LogP contribution in [0.15, 0.2) is 48.5 Å². The van der Waals surface area contributed by atoms with Gasteiger partial charge in [-0.3, -0.25) is 0 Å². The number of hydrogen-bond donors (Lipinski definition) is 1. The van der Waals surface area contributed by atoms with Crippen LogP contribution in [0.1, 0.15) is 71.4 Å². The van der Waals surface area contributed by atoms with Crippen molar-refractivity contribution >= 4 is 23.0 Å². The lowest BCUT2D eigenvalue weighted by atomic mass is 9.74. The Labute approximate surface area is 215 Å². The summed E-state index contributed by atoms with van der Waals surface area (Å²) in [5.41, 5.74) is 15.2. The zero-order chi connectivity index (χ0) is 26.2.